The topological polar surface area (TPSA) is 92.8 Å². The van der Waals surface area contributed by atoms with Crippen LogP contribution in [-0.2, 0) is 30.6 Å². The Morgan fingerprint density at radius 3 is 3.00 bits per heavy atom. The zero-order valence-electron chi connectivity index (χ0n) is 21.1. The molecule has 1 amide bonds. The molecule has 1 unspecified atom stereocenters. The van der Waals surface area contributed by atoms with Crippen LogP contribution in [0.4, 0.5) is 5.00 Å². The van der Waals surface area contributed by atoms with Crippen molar-refractivity contribution in [3.8, 4) is 11.8 Å². The van der Waals surface area contributed by atoms with Crippen LogP contribution in [0.15, 0.2) is 36.0 Å². The number of allylic oxidation sites excluding steroid dienone is 1. The quantitative estimate of drug-likeness (QED) is 0.139. The van der Waals surface area contributed by atoms with Crippen LogP contribution in [0.3, 0.4) is 0 Å². The maximum atomic E-state index is 12.8. The van der Waals surface area contributed by atoms with E-state index in [4.69, 9.17) is 27.9 Å². The van der Waals surface area contributed by atoms with Gasteiger partial charge in [-0.2, -0.15) is 5.26 Å². The fourth-order valence-corrected chi connectivity index (χ4v) is 6.99. The molecule has 3 aromatic rings. The van der Waals surface area contributed by atoms with Gasteiger partial charge >= 0.3 is 0 Å². The molecule has 38 heavy (non-hydrogen) atoms. The molecular weight excluding hydrogens is 561 g/mol. The van der Waals surface area contributed by atoms with Gasteiger partial charge in [0, 0.05) is 22.9 Å². The minimum absolute atomic E-state index is 0.165. The molecule has 4 rings (SSSR count). The highest BCUT2D eigenvalue weighted by Crippen LogP contribution is 2.40. The molecule has 2 heterocycles. The number of halogens is 2. The lowest BCUT2D eigenvalue weighted by Crippen LogP contribution is -2.15. The fourth-order valence-electron chi connectivity index (χ4n) is 4.43. The van der Waals surface area contributed by atoms with E-state index in [1.54, 1.807) is 35.6 Å². The van der Waals surface area contributed by atoms with Gasteiger partial charge in [0.15, 0.2) is 5.16 Å². The number of amides is 1. The summed E-state index contributed by atoms with van der Waals surface area (Å²) in [5.41, 5.74) is 1.74. The van der Waals surface area contributed by atoms with Crippen molar-refractivity contribution in [1.29, 1.82) is 5.26 Å². The largest absolute Gasteiger partial charge is 0.492 e. The summed E-state index contributed by atoms with van der Waals surface area (Å²) in [7, 11) is 0. The van der Waals surface area contributed by atoms with Crippen LogP contribution < -0.4 is 10.1 Å². The summed E-state index contributed by atoms with van der Waals surface area (Å²) in [4.78, 5) is 14.0. The smallest absolute Gasteiger partial charge is 0.235 e. The number of aromatic nitrogens is 3. The van der Waals surface area contributed by atoms with Gasteiger partial charge in [0.1, 0.15) is 22.6 Å². The molecule has 0 spiro atoms. The first-order valence-corrected chi connectivity index (χ1v) is 15.1. The number of hydrogen-bond acceptors (Lipinski definition) is 7. The number of ether oxygens (including phenoxy) is 1. The zero-order valence-corrected chi connectivity index (χ0v) is 24.3. The molecule has 1 atom stereocenters. The summed E-state index contributed by atoms with van der Waals surface area (Å²) in [6.07, 6.45) is 7.25. The Morgan fingerprint density at radius 2 is 2.26 bits per heavy atom. The SMILES string of the molecule is C=CCn1c(CCCOc2ccc(Cl)cc2Cl)nnc1SCC(=O)Nc1sc2c(c1C#N)CCC(CC)C2. The minimum atomic E-state index is -0.167. The van der Waals surface area contributed by atoms with Crippen molar-refractivity contribution in [2.45, 2.75) is 57.1 Å². The van der Waals surface area contributed by atoms with Crippen LogP contribution in [0, 0.1) is 17.2 Å². The van der Waals surface area contributed by atoms with Gasteiger partial charge in [0.2, 0.25) is 5.91 Å². The van der Waals surface area contributed by atoms with Crippen LogP contribution in [0.1, 0.15) is 48.0 Å². The van der Waals surface area contributed by atoms with Gasteiger partial charge in [-0.1, -0.05) is 54.4 Å². The lowest BCUT2D eigenvalue weighted by Gasteiger charge is -2.20. The molecule has 1 aliphatic carbocycles. The number of thiophene rings is 1. The number of nitriles is 1. The molecule has 2 aromatic heterocycles. The van der Waals surface area contributed by atoms with Crippen molar-refractivity contribution in [2.24, 2.45) is 5.92 Å². The maximum Gasteiger partial charge on any atom is 0.235 e. The first-order chi connectivity index (χ1) is 18.4. The highest BCUT2D eigenvalue weighted by molar-refractivity contribution is 7.99. The second-order valence-corrected chi connectivity index (χ2v) is 11.9. The molecule has 0 radical (unpaired) electrons. The molecule has 0 fully saturated rings. The lowest BCUT2D eigenvalue weighted by molar-refractivity contribution is -0.113. The number of hydrogen-bond donors (Lipinski definition) is 1. The van der Waals surface area contributed by atoms with Crippen LogP contribution >= 0.6 is 46.3 Å². The van der Waals surface area contributed by atoms with Crippen molar-refractivity contribution in [2.75, 3.05) is 17.7 Å². The summed E-state index contributed by atoms with van der Waals surface area (Å²) >= 11 is 15.0. The first-order valence-electron chi connectivity index (χ1n) is 12.5. The van der Waals surface area contributed by atoms with Crippen LogP contribution in [0.25, 0.3) is 0 Å². The van der Waals surface area contributed by atoms with Crippen LogP contribution in [-0.4, -0.2) is 33.0 Å². The fraction of sp³-hybridized carbons (Fsp3) is 0.407. The predicted octanol–water partition coefficient (Wildman–Crippen LogP) is 6.96. The molecule has 1 aliphatic rings. The number of anilines is 1. The van der Waals surface area contributed by atoms with Gasteiger partial charge < -0.3 is 14.6 Å². The normalized spacial score (nSPS) is 14.5. The van der Waals surface area contributed by atoms with E-state index in [9.17, 15) is 10.1 Å². The summed E-state index contributed by atoms with van der Waals surface area (Å²) in [6, 6.07) is 7.44. The van der Waals surface area contributed by atoms with E-state index < -0.39 is 0 Å². The Morgan fingerprint density at radius 1 is 1.42 bits per heavy atom. The number of benzene rings is 1. The summed E-state index contributed by atoms with van der Waals surface area (Å²) in [6.45, 7) is 7.03. The van der Waals surface area contributed by atoms with Crippen molar-refractivity contribution >= 4 is 57.2 Å². The third-order valence-electron chi connectivity index (χ3n) is 6.44. The number of thioether (sulfide) groups is 1. The Labute approximate surface area is 241 Å². The number of nitrogens with one attached hydrogen (secondary N) is 1. The summed E-state index contributed by atoms with van der Waals surface area (Å²) in [5.74, 6) is 2.03. The molecule has 1 aromatic carbocycles. The van der Waals surface area contributed by atoms with E-state index >= 15 is 0 Å². The second kappa shape index (κ2) is 13.5. The highest BCUT2D eigenvalue weighted by atomic mass is 35.5. The van der Waals surface area contributed by atoms with Gasteiger partial charge in [-0.3, -0.25) is 4.79 Å². The second-order valence-electron chi connectivity index (χ2n) is 9.00. The highest BCUT2D eigenvalue weighted by Gasteiger charge is 2.26. The number of aryl methyl sites for hydroxylation is 1. The monoisotopic (exact) mass is 589 g/mol. The number of carbonyl (C=O) groups excluding carboxylic acids is 1. The van der Waals surface area contributed by atoms with Crippen molar-refractivity contribution in [1.82, 2.24) is 14.8 Å². The third kappa shape index (κ3) is 6.92. The average Bonchev–Trinajstić information content (AvgIpc) is 3.45. The van der Waals surface area contributed by atoms with E-state index in [-0.39, 0.29) is 11.7 Å². The van der Waals surface area contributed by atoms with Crippen molar-refractivity contribution in [3.05, 3.63) is 62.7 Å². The average molecular weight is 591 g/mol. The third-order valence-corrected chi connectivity index (χ3v) is 9.11. The number of rotatable bonds is 12. The molecule has 0 aliphatic heterocycles. The maximum absolute atomic E-state index is 12.8. The Bertz CT molecular complexity index is 1350. The van der Waals surface area contributed by atoms with Gasteiger partial charge in [0.05, 0.1) is 22.9 Å². The van der Waals surface area contributed by atoms with Gasteiger partial charge in [-0.25, -0.2) is 0 Å². The lowest BCUT2D eigenvalue weighted by atomic mass is 9.86. The molecule has 11 heteroatoms. The summed E-state index contributed by atoms with van der Waals surface area (Å²) < 4.78 is 7.72. The first kappa shape index (κ1) is 28.5. The Hall–Kier alpha value is -2.51. The predicted molar refractivity (Wildman–Crippen MR) is 155 cm³/mol. The molecule has 0 bridgehead atoms. The molecule has 0 saturated carbocycles. The van der Waals surface area contributed by atoms with Gasteiger partial charge in [-0.15, -0.1) is 28.1 Å². The van der Waals surface area contributed by atoms with E-state index in [2.05, 4.69) is 35.1 Å². The van der Waals surface area contributed by atoms with Crippen LogP contribution in [0.2, 0.25) is 10.0 Å². The molecule has 1 N–H and O–H groups in total. The van der Waals surface area contributed by atoms with E-state index in [0.29, 0.717) is 63.4 Å². The van der Waals surface area contributed by atoms with Gasteiger partial charge in [0.25, 0.3) is 0 Å². The Balaban J connectivity index is 1.33. The number of fused-ring (bicyclic) bond motifs is 1. The standard InChI is InChI=1S/C27H29Cl2N5O2S2/c1-3-11-34-24(6-5-12-36-22-10-8-18(28)14-21(22)29)32-33-27(34)37-16-25(35)31-26-20(15-30)19-9-7-17(4-2)13-23(19)38-26/h3,8,10,14,17H,1,4-7,9,11-13,16H2,2H3,(H,31,35). The summed E-state index contributed by atoms with van der Waals surface area (Å²) in [5, 5.41) is 23.7. The Kier molecular flexibility index (Phi) is 10.1. The number of nitrogens with zero attached hydrogens (tertiary/aromatic N) is 4. The van der Waals surface area contributed by atoms with Crippen molar-refractivity contribution < 1.29 is 9.53 Å². The van der Waals surface area contributed by atoms with Crippen LogP contribution in [0.5, 0.6) is 5.75 Å². The molecular formula is C27H29Cl2N5O2S2. The van der Waals surface area contributed by atoms with Crippen molar-refractivity contribution in [3.63, 3.8) is 0 Å². The van der Waals surface area contributed by atoms with E-state index in [0.717, 1.165) is 37.1 Å². The molecule has 200 valence electrons. The van der Waals surface area contributed by atoms with E-state index in [1.807, 2.05) is 4.57 Å². The number of carbonyl (C=O) groups is 1. The van der Waals surface area contributed by atoms with Gasteiger partial charge in [-0.05, 0) is 55.4 Å². The van der Waals surface area contributed by atoms with E-state index in [1.165, 1.54) is 16.6 Å². The molecule has 7 nitrogen and oxygen atoms in total. The zero-order chi connectivity index (χ0) is 27.1. The minimum Gasteiger partial charge on any atom is -0.492 e. The molecule has 0 saturated heterocycles.